The minimum absolute atomic E-state index is 0.220. The number of carbonyl (C=O) groups excluding carboxylic acids is 1. The lowest BCUT2D eigenvalue weighted by molar-refractivity contribution is -0.129. The van der Waals surface area contributed by atoms with E-state index in [0.29, 0.717) is 24.7 Å². The van der Waals surface area contributed by atoms with Gasteiger partial charge in [-0.25, -0.2) is 9.79 Å². The Hall–Kier alpha value is -4.26. The van der Waals surface area contributed by atoms with Gasteiger partial charge in [0, 0.05) is 5.56 Å². The normalized spacial score (nSPS) is 13.9. The number of carbonyl (C=O) groups is 1. The summed E-state index contributed by atoms with van der Waals surface area (Å²) in [5, 5.41) is 0. The number of hydrogen-bond acceptors (Lipinski definition) is 7. The molecule has 4 rings (SSSR count). The second kappa shape index (κ2) is 10.4. The Bertz CT molecular complexity index is 1170. The van der Waals surface area contributed by atoms with Crippen LogP contribution in [-0.4, -0.2) is 39.3 Å². The molecule has 3 aromatic rings. The molecular weight excluding hydrogens is 422 g/mol. The van der Waals surface area contributed by atoms with Crippen molar-refractivity contribution in [2.75, 3.05) is 27.4 Å². The van der Waals surface area contributed by atoms with Crippen LogP contribution in [0.5, 0.6) is 23.0 Å². The van der Waals surface area contributed by atoms with Crippen molar-refractivity contribution in [2.24, 2.45) is 4.99 Å². The van der Waals surface area contributed by atoms with Crippen molar-refractivity contribution in [2.45, 2.75) is 0 Å². The molecule has 0 bridgehead atoms. The summed E-state index contributed by atoms with van der Waals surface area (Å²) in [6, 6.07) is 22.0. The summed E-state index contributed by atoms with van der Waals surface area (Å²) < 4.78 is 27.3. The minimum atomic E-state index is -0.496. The van der Waals surface area contributed by atoms with E-state index in [0.717, 1.165) is 22.6 Å². The lowest BCUT2D eigenvalue weighted by Gasteiger charge is -2.12. The van der Waals surface area contributed by atoms with Gasteiger partial charge in [-0.15, -0.1) is 0 Å². The van der Waals surface area contributed by atoms with Crippen molar-refractivity contribution < 1.29 is 28.5 Å². The van der Waals surface area contributed by atoms with Gasteiger partial charge in [0.2, 0.25) is 5.90 Å². The van der Waals surface area contributed by atoms with Crippen molar-refractivity contribution in [3.63, 3.8) is 0 Å². The number of hydrogen-bond donors (Lipinski definition) is 0. The third-order valence-electron chi connectivity index (χ3n) is 4.80. The molecule has 1 aliphatic heterocycles. The number of benzene rings is 3. The number of esters is 1. The Morgan fingerprint density at radius 3 is 2.27 bits per heavy atom. The van der Waals surface area contributed by atoms with Crippen molar-refractivity contribution in [3.8, 4) is 23.0 Å². The molecule has 0 saturated heterocycles. The first-order valence-electron chi connectivity index (χ1n) is 10.3. The summed E-state index contributed by atoms with van der Waals surface area (Å²) in [6.07, 6.45) is 1.65. The van der Waals surface area contributed by atoms with Crippen LogP contribution in [0.3, 0.4) is 0 Å². The smallest absolute Gasteiger partial charge is 0.363 e. The molecule has 0 saturated carbocycles. The molecule has 0 aliphatic carbocycles. The third kappa shape index (κ3) is 5.51. The van der Waals surface area contributed by atoms with Crippen LogP contribution >= 0.6 is 0 Å². The fraction of sp³-hybridized carbons (Fsp3) is 0.154. The first-order chi connectivity index (χ1) is 16.2. The molecule has 168 valence electrons. The van der Waals surface area contributed by atoms with Gasteiger partial charge in [-0.1, -0.05) is 24.3 Å². The van der Waals surface area contributed by atoms with E-state index in [-0.39, 0.29) is 11.6 Å². The average molecular weight is 445 g/mol. The molecule has 0 atom stereocenters. The summed E-state index contributed by atoms with van der Waals surface area (Å²) in [5.74, 6) is 2.39. The monoisotopic (exact) mass is 445 g/mol. The molecule has 0 radical (unpaired) electrons. The molecule has 7 nitrogen and oxygen atoms in total. The van der Waals surface area contributed by atoms with Gasteiger partial charge < -0.3 is 23.7 Å². The fourth-order valence-electron chi connectivity index (χ4n) is 3.15. The molecule has 0 unspecified atom stereocenters. The maximum atomic E-state index is 12.2. The van der Waals surface area contributed by atoms with E-state index >= 15 is 0 Å². The van der Waals surface area contributed by atoms with E-state index in [1.165, 1.54) is 0 Å². The van der Waals surface area contributed by atoms with Crippen molar-refractivity contribution in [3.05, 3.63) is 89.6 Å². The number of aliphatic imine (C=N–C) groups is 1. The maximum Gasteiger partial charge on any atom is 0.363 e. The SMILES string of the molecule is COc1ccc(OCCOc2ccc(/C=C3\N=C(c4ccccc4)OC3=O)cc2OC)cc1. The Morgan fingerprint density at radius 2 is 1.55 bits per heavy atom. The average Bonchev–Trinajstić information content (AvgIpc) is 3.23. The van der Waals surface area contributed by atoms with Gasteiger partial charge in [-0.3, -0.25) is 0 Å². The predicted molar refractivity (Wildman–Crippen MR) is 124 cm³/mol. The highest BCUT2D eigenvalue weighted by Gasteiger charge is 2.24. The van der Waals surface area contributed by atoms with E-state index in [2.05, 4.69) is 4.99 Å². The number of cyclic esters (lactones) is 1. The van der Waals surface area contributed by atoms with Crippen molar-refractivity contribution in [1.29, 1.82) is 0 Å². The summed E-state index contributed by atoms with van der Waals surface area (Å²) in [7, 11) is 3.18. The Morgan fingerprint density at radius 1 is 0.818 bits per heavy atom. The Labute approximate surface area is 191 Å². The van der Waals surface area contributed by atoms with Gasteiger partial charge in [0.15, 0.2) is 17.2 Å². The van der Waals surface area contributed by atoms with Gasteiger partial charge in [0.25, 0.3) is 0 Å². The van der Waals surface area contributed by atoms with Crippen LogP contribution in [0.25, 0.3) is 6.08 Å². The topological polar surface area (TPSA) is 75.6 Å². The summed E-state index contributed by atoms with van der Waals surface area (Å²) >= 11 is 0. The first-order valence-corrected chi connectivity index (χ1v) is 10.3. The van der Waals surface area contributed by atoms with E-state index < -0.39 is 5.97 Å². The summed E-state index contributed by atoms with van der Waals surface area (Å²) in [6.45, 7) is 0.698. The molecular formula is C26H23NO6. The zero-order valence-electron chi connectivity index (χ0n) is 18.3. The van der Waals surface area contributed by atoms with Crippen LogP contribution in [0.1, 0.15) is 11.1 Å². The maximum absolute atomic E-state index is 12.2. The van der Waals surface area contributed by atoms with Crippen LogP contribution in [0.2, 0.25) is 0 Å². The zero-order chi connectivity index (χ0) is 23.0. The number of rotatable bonds is 9. The number of methoxy groups -OCH3 is 2. The second-order valence-corrected chi connectivity index (χ2v) is 6.98. The Kier molecular flexibility index (Phi) is 6.90. The molecule has 0 N–H and O–H groups in total. The molecule has 1 heterocycles. The van der Waals surface area contributed by atoms with E-state index in [1.54, 1.807) is 32.4 Å². The van der Waals surface area contributed by atoms with Gasteiger partial charge >= 0.3 is 5.97 Å². The first kappa shape index (κ1) is 22.0. The van der Waals surface area contributed by atoms with Gasteiger partial charge in [0.1, 0.15) is 24.7 Å². The van der Waals surface area contributed by atoms with Crippen LogP contribution in [0.15, 0.2) is 83.5 Å². The second-order valence-electron chi connectivity index (χ2n) is 6.98. The lowest BCUT2D eigenvalue weighted by atomic mass is 10.1. The van der Waals surface area contributed by atoms with Crippen molar-refractivity contribution in [1.82, 2.24) is 0 Å². The molecule has 3 aromatic carbocycles. The molecule has 0 amide bonds. The van der Waals surface area contributed by atoms with E-state index in [9.17, 15) is 4.79 Å². The quantitative estimate of drug-likeness (QED) is 0.274. The van der Waals surface area contributed by atoms with Crippen LogP contribution in [-0.2, 0) is 9.53 Å². The number of ether oxygens (including phenoxy) is 5. The van der Waals surface area contributed by atoms with Crippen molar-refractivity contribution >= 4 is 17.9 Å². The lowest BCUT2D eigenvalue weighted by Crippen LogP contribution is -2.09. The van der Waals surface area contributed by atoms with Gasteiger partial charge in [-0.2, -0.15) is 0 Å². The van der Waals surface area contributed by atoms with E-state index in [4.69, 9.17) is 23.7 Å². The third-order valence-corrected chi connectivity index (χ3v) is 4.80. The summed E-state index contributed by atoms with van der Waals surface area (Å²) in [5.41, 5.74) is 1.70. The van der Waals surface area contributed by atoms with Gasteiger partial charge in [0.05, 0.1) is 14.2 Å². The minimum Gasteiger partial charge on any atom is -0.497 e. The highest BCUT2D eigenvalue weighted by Crippen LogP contribution is 2.30. The fourth-order valence-corrected chi connectivity index (χ4v) is 3.15. The van der Waals surface area contributed by atoms with Crippen LogP contribution < -0.4 is 18.9 Å². The highest BCUT2D eigenvalue weighted by molar-refractivity contribution is 6.12. The standard InChI is InChI=1S/C26H23NO6/c1-29-20-9-11-21(12-10-20)31-14-15-32-23-13-8-18(17-24(23)30-2)16-22-26(28)33-25(27-22)19-6-4-3-5-7-19/h3-13,16-17H,14-15H2,1-2H3/b22-16-. The highest BCUT2D eigenvalue weighted by atomic mass is 16.6. The van der Waals surface area contributed by atoms with Gasteiger partial charge in [-0.05, 0) is 60.2 Å². The predicted octanol–water partition coefficient (Wildman–Crippen LogP) is 4.51. The van der Waals surface area contributed by atoms with E-state index in [1.807, 2.05) is 60.7 Å². The Balaban J connectivity index is 1.39. The molecule has 0 spiro atoms. The molecule has 33 heavy (non-hydrogen) atoms. The molecule has 7 heteroatoms. The largest absolute Gasteiger partial charge is 0.497 e. The van der Waals surface area contributed by atoms with Crippen LogP contribution in [0.4, 0.5) is 0 Å². The molecule has 1 aliphatic rings. The summed E-state index contributed by atoms with van der Waals surface area (Å²) in [4.78, 5) is 16.6. The molecule has 0 aromatic heterocycles. The molecule has 0 fully saturated rings. The number of nitrogens with zero attached hydrogens (tertiary/aromatic N) is 1. The zero-order valence-corrected chi connectivity index (χ0v) is 18.3. The van der Waals surface area contributed by atoms with Crippen LogP contribution in [0, 0.1) is 0 Å².